The topological polar surface area (TPSA) is 94.2 Å². The minimum absolute atomic E-state index is 0.175. The highest BCUT2D eigenvalue weighted by Gasteiger charge is 2.31. The van der Waals surface area contributed by atoms with E-state index >= 15 is 0 Å². The molecule has 0 aromatic heterocycles. The minimum Gasteiger partial charge on any atom is -0.497 e. The highest BCUT2D eigenvalue weighted by Crippen LogP contribution is 2.32. The van der Waals surface area contributed by atoms with Gasteiger partial charge in [0.1, 0.15) is 11.8 Å². The molecule has 2 aromatic rings. The first-order valence-electron chi connectivity index (χ1n) is 9.13. The summed E-state index contributed by atoms with van der Waals surface area (Å²) < 4.78 is 41.8. The van der Waals surface area contributed by atoms with Gasteiger partial charge in [-0.2, -0.15) is 0 Å². The smallest absolute Gasteiger partial charge is 0.244 e. The van der Waals surface area contributed by atoms with Gasteiger partial charge in [0, 0.05) is 6.54 Å². The third kappa shape index (κ3) is 4.73. The van der Waals surface area contributed by atoms with Gasteiger partial charge in [-0.15, -0.1) is 0 Å². The van der Waals surface area contributed by atoms with Crippen LogP contribution in [0.5, 0.6) is 17.2 Å². The predicted molar refractivity (Wildman–Crippen MR) is 109 cm³/mol. The number of rotatable bonds is 8. The maximum atomic E-state index is 12.9. The van der Waals surface area contributed by atoms with E-state index < -0.39 is 16.1 Å². The molecule has 0 saturated carbocycles. The van der Waals surface area contributed by atoms with Crippen molar-refractivity contribution in [1.29, 1.82) is 0 Å². The first-order valence-corrected chi connectivity index (χ1v) is 11.0. The Hall–Kier alpha value is -2.94. The molecular weight excluding hydrogens is 396 g/mol. The lowest BCUT2D eigenvalue weighted by Gasteiger charge is -2.30. The van der Waals surface area contributed by atoms with Crippen molar-refractivity contribution in [1.82, 2.24) is 5.32 Å². The van der Waals surface area contributed by atoms with E-state index in [9.17, 15) is 13.2 Å². The molecule has 1 aliphatic heterocycles. The van der Waals surface area contributed by atoms with E-state index in [1.165, 1.54) is 7.11 Å². The van der Waals surface area contributed by atoms with E-state index in [4.69, 9.17) is 14.2 Å². The van der Waals surface area contributed by atoms with Gasteiger partial charge in [-0.05, 0) is 48.4 Å². The van der Waals surface area contributed by atoms with Crippen LogP contribution >= 0.6 is 0 Å². The summed E-state index contributed by atoms with van der Waals surface area (Å²) in [7, 11) is -2.16. The Morgan fingerprint density at radius 1 is 1.17 bits per heavy atom. The Morgan fingerprint density at radius 3 is 2.48 bits per heavy atom. The van der Waals surface area contributed by atoms with Crippen molar-refractivity contribution in [2.24, 2.45) is 0 Å². The predicted octanol–water partition coefficient (Wildman–Crippen LogP) is 2.28. The summed E-state index contributed by atoms with van der Waals surface area (Å²) in [4.78, 5) is 12.9. The summed E-state index contributed by atoms with van der Waals surface area (Å²) in [5.74, 6) is 1.50. The van der Waals surface area contributed by atoms with E-state index in [0.29, 0.717) is 29.4 Å². The monoisotopic (exact) mass is 420 g/mol. The summed E-state index contributed by atoms with van der Waals surface area (Å²) >= 11 is 0. The number of amides is 1. The highest BCUT2D eigenvalue weighted by atomic mass is 32.2. The van der Waals surface area contributed by atoms with Crippen molar-refractivity contribution in [3.63, 3.8) is 0 Å². The van der Waals surface area contributed by atoms with Crippen LogP contribution < -0.4 is 23.8 Å². The van der Waals surface area contributed by atoms with Crippen molar-refractivity contribution in [3.05, 3.63) is 48.0 Å². The normalized spacial score (nSPS) is 13.6. The van der Waals surface area contributed by atoms with Gasteiger partial charge in [-0.3, -0.25) is 9.10 Å². The molecule has 9 heteroatoms. The summed E-state index contributed by atoms with van der Waals surface area (Å²) in [6, 6.07) is 11.1. The maximum Gasteiger partial charge on any atom is 0.244 e. The molecule has 2 aromatic carbocycles. The minimum atomic E-state index is -3.69. The molecule has 1 atom stereocenters. The van der Waals surface area contributed by atoms with Crippen molar-refractivity contribution in [2.45, 2.75) is 25.9 Å². The lowest BCUT2D eigenvalue weighted by Crippen LogP contribution is -2.49. The fraction of sp³-hybridized carbons (Fsp3) is 0.350. The van der Waals surface area contributed by atoms with Gasteiger partial charge >= 0.3 is 0 Å². The van der Waals surface area contributed by atoms with E-state index in [1.807, 2.05) is 6.07 Å². The van der Waals surface area contributed by atoms with Crippen LogP contribution in [-0.2, 0) is 21.4 Å². The molecule has 0 bridgehead atoms. The van der Waals surface area contributed by atoms with Gasteiger partial charge in [0.2, 0.25) is 22.7 Å². The maximum absolute atomic E-state index is 12.9. The van der Waals surface area contributed by atoms with Gasteiger partial charge in [0.05, 0.1) is 19.1 Å². The number of methoxy groups -OCH3 is 1. The number of hydrogen-bond acceptors (Lipinski definition) is 6. The van der Waals surface area contributed by atoms with Gasteiger partial charge in [0.15, 0.2) is 11.5 Å². The highest BCUT2D eigenvalue weighted by molar-refractivity contribution is 7.92. The average Bonchev–Trinajstić information content (AvgIpc) is 3.17. The summed E-state index contributed by atoms with van der Waals surface area (Å²) in [5.41, 5.74) is 1.23. The molecule has 0 unspecified atom stereocenters. The number of ether oxygens (including phenoxy) is 3. The molecule has 0 saturated heterocycles. The third-order valence-electron chi connectivity index (χ3n) is 4.56. The molecule has 29 heavy (non-hydrogen) atoms. The molecular formula is C20H24N2O6S. The first-order chi connectivity index (χ1) is 13.8. The zero-order valence-corrected chi connectivity index (χ0v) is 17.4. The Kier molecular flexibility index (Phi) is 6.17. The largest absolute Gasteiger partial charge is 0.497 e. The Labute approximate surface area is 170 Å². The third-order valence-corrected chi connectivity index (χ3v) is 5.74. The second-order valence-corrected chi connectivity index (χ2v) is 8.45. The van der Waals surface area contributed by atoms with Crippen molar-refractivity contribution in [3.8, 4) is 17.2 Å². The SMILES string of the molecule is CC[C@H](C(=O)NCc1ccc2c(c1)OCO2)N(c1ccc(OC)cc1)S(C)(=O)=O. The summed E-state index contributed by atoms with van der Waals surface area (Å²) in [6.45, 7) is 2.19. The fourth-order valence-electron chi connectivity index (χ4n) is 3.15. The zero-order chi connectivity index (χ0) is 21.0. The number of hydrogen-bond donors (Lipinski definition) is 1. The number of carbonyl (C=O) groups excluding carboxylic acids is 1. The summed E-state index contributed by atoms with van der Waals surface area (Å²) in [5, 5.41) is 2.82. The van der Waals surface area contributed by atoms with Crippen molar-refractivity contribution < 1.29 is 27.4 Å². The molecule has 1 amide bonds. The Bertz CT molecular complexity index is 975. The molecule has 8 nitrogen and oxygen atoms in total. The van der Waals surface area contributed by atoms with Gasteiger partial charge in [-0.25, -0.2) is 8.42 Å². The number of sulfonamides is 1. The molecule has 0 spiro atoms. The van der Waals surface area contributed by atoms with Crippen molar-refractivity contribution in [2.75, 3.05) is 24.5 Å². The lowest BCUT2D eigenvalue weighted by molar-refractivity contribution is -0.122. The second-order valence-electron chi connectivity index (χ2n) is 6.59. The summed E-state index contributed by atoms with van der Waals surface area (Å²) in [6.07, 6.45) is 1.40. The standard InChI is InChI=1S/C20H24N2O6S/c1-4-17(22(29(3,24)25)15-6-8-16(26-2)9-7-15)20(23)21-12-14-5-10-18-19(11-14)28-13-27-18/h5-11,17H,4,12-13H2,1-3H3,(H,21,23)/t17-/m1/s1. The van der Waals surface area contributed by atoms with Gasteiger partial charge in [-0.1, -0.05) is 13.0 Å². The average molecular weight is 420 g/mol. The van der Waals surface area contributed by atoms with Crippen LogP contribution in [0.2, 0.25) is 0 Å². The van der Waals surface area contributed by atoms with Crippen LogP contribution in [0.1, 0.15) is 18.9 Å². The Balaban J connectivity index is 1.77. The fourth-order valence-corrected chi connectivity index (χ4v) is 4.36. The Morgan fingerprint density at radius 2 is 1.86 bits per heavy atom. The number of nitrogens with zero attached hydrogens (tertiary/aromatic N) is 1. The molecule has 0 aliphatic carbocycles. The van der Waals surface area contributed by atoms with E-state index in [2.05, 4.69) is 5.32 Å². The number of carbonyl (C=O) groups is 1. The van der Waals surface area contributed by atoms with Crippen LogP contribution in [0.25, 0.3) is 0 Å². The van der Waals surface area contributed by atoms with Crippen LogP contribution in [0.3, 0.4) is 0 Å². The molecule has 0 fully saturated rings. The molecule has 1 aliphatic rings. The van der Waals surface area contributed by atoms with E-state index in [-0.39, 0.29) is 19.2 Å². The van der Waals surface area contributed by atoms with E-state index in [0.717, 1.165) is 16.1 Å². The first kappa shape index (κ1) is 20.8. The van der Waals surface area contributed by atoms with Gasteiger partial charge in [0.25, 0.3) is 0 Å². The lowest BCUT2D eigenvalue weighted by atomic mass is 10.1. The quantitative estimate of drug-likeness (QED) is 0.704. The van der Waals surface area contributed by atoms with Crippen LogP contribution in [0.4, 0.5) is 5.69 Å². The van der Waals surface area contributed by atoms with Crippen LogP contribution in [0, 0.1) is 0 Å². The number of benzene rings is 2. The van der Waals surface area contributed by atoms with E-state index in [1.54, 1.807) is 43.3 Å². The van der Waals surface area contributed by atoms with Crippen LogP contribution in [0.15, 0.2) is 42.5 Å². The molecule has 0 radical (unpaired) electrons. The number of fused-ring (bicyclic) bond motifs is 1. The second kappa shape index (κ2) is 8.60. The number of anilines is 1. The van der Waals surface area contributed by atoms with Crippen molar-refractivity contribution >= 4 is 21.6 Å². The molecule has 156 valence electrons. The zero-order valence-electron chi connectivity index (χ0n) is 16.5. The van der Waals surface area contributed by atoms with Gasteiger partial charge < -0.3 is 19.5 Å². The van der Waals surface area contributed by atoms with Crippen LogP contribution in [-0.4, -0.2) is 40.5 Å². The molecule has 1 heterocycles. The molecule has 1 N–H and O–H groups in total. The molecule has 3 rings (SSSR count). The number of nitrogens with one attached hydrogen (secondary N) is 1.